The molecule has 0 aromatic carbocycles. The number of carbonyl (C=O) groups excluding carboxylic acids is 1. The minimum Gasteiger partial charge on any atom is -0.394 e. The van der Waals surface area contributed by atoms with E-state index in [0.29, 0.717) is 6.42 Å². The summed E-state index contributed by atoms with van der Waals surface area (Å²) in [6.07, 6.45) is 46.7. The Balaban J connectivity index is 3.64. The van der Waals surface area contributed by atoms with Gasteiger partial charge in [0.1, 0.15) is 6.10 Å². The Bertz CT molecular complexity index is 684. The molecular weight excluding hydrogens is 606 g/mol. The number of unbranched alkanes of at least 4 members (excludes halogenated alkanes) is 32. The van der Waals surface area contributed by atoms with Crippen molar-refractivity contribution in [2.45, 2.75) is 257 Å². The molecule has 3 unspecified atom stereocenters. The molecule has 0 rings (SSSR count). The first-order valence-corrected chi connectivity index (χ1v) is 22.0. The van der Waals surface area contributed by atoms with Gasteiger partial charge in [-0.05, 0) is 19.3 Å². The van der Waals surface area contributed by atoms with Crippen LogP contribution in [0.1, 0.15) is 239 Å². The number of hydrogen-bond acceptors (Lipinski definition) is 4. The smallest absolute Gasteiger partial charge is 0.249 e. The number of rotatable bonds is 40. The Morgan fingerprint density at radius 1 is 0.490 bits per heavy atom. The summed E-state index contributed by atoms with van der Waals surface area (Å²) in [5.74, 6) is -0.499. The van der Waals surface area contributed by atoms with Crippen molar-refractivity contribution < 1.29 is 20.1 Å². The molecule has 0 aliphatic rings. The topological polar surface area (TPSA) is 89.8 Å². The van der Waals surface area contributed by atoms with E-state index in [4.69, 9.17) is 0 Å². The summed E-state index contributed by atoms with van der Waals surface area (Å²) in [7, 11) is 0. The van der Waals surface area contributed by atoms with Crippen molar-refractivity contribution in [3.8, 4) is 0 Å². The van der Waals surface area contributed by atoms with Crippen LogP contribution < -0.4 is 5.32 Å². The van der Waals surface area contributed by atoms with E-state index in [1.807, 2.05) is 6.08 Å². The van der Waals surface area contributed by atoms with Gasteiger partial charge in [-0.3, -0.25) is 4.79 Å². The second kappa shape index (κ2) is 39.9. The van der Waals surface area contributed by atoms with Gasteiger partial charge in [0.2, 0.25) is 5.91 Å². The zero-order chi connectivity index (χ0) is 35.9. The van der Waals surface area contributed by atoms with Gasteiger partial charge in [0.25, 0.3) is 0 Å². The number of allylic oxidation sites excluding steroid dienone is 1. The molecule has 0 aliphatic carbocycles. The van der Waals surface area contributed by atoms with Crippen LogP contribution in [0, 0.1) is 0 Å². The molecule has 3 atom stereocenters. The van der Waals surface area contributed by atoms with Gasteiger partial charge in [-0.1, -0.05) is 231 Å². The van der Waals surface area contributed by atoms with E-state index >= 15 is 0 Å². The van der Waals surface area contributed by atoms with Crippen LogP contribution >= 0.6 is 0 Å². The molecule has 0 aromatic heterocycles. The van der Waals surface area contributed by atoms with Crippen LogP contribution in [0.3, 0.4) is 0 Å². The minimum atomic E-state index is -1.09. The van der Waals surface area contributed by atoms with E-state index in [-0.39, 0.29) is 6.61 Å². The second-order valence-corrected chi connectivity index (χ2v) is 15.3. The van der Waals surface area contributed by atoms with Crippen molar-refractivity contribution in [2.24, 2.45) is 0 Å². The lowest BCUT2D eigenvalue weighted by molar-refractivity contribution is -0.131. The van der Waals surface area contributed by atoms with Crippen LogP contribution in [0.2, 0.25) is 0 Å². The summed E-state index contributed by atoms with van der Waals surface area (Å²) in [6.45, 7) is 4.20. The standard InChI is InChI=1S/C44H87NO4/c1-3-5-7-9-11-13-15-17-19-21-23-25-27-29-31-33-35-37-39-43(48)44(49)45-41(40-46)42(47)38-36-34-32-30-28-26-24-22-20-18-16-14-12-10-8-6-4-2/h36,38,41-43,46-48H,3-35,37,39-40H2,1-2H3,(H,45,49)/b38-36+. The van der Waals surface area contributed by atoms with Crippen LogP contribution in [0.15, 0.2) is 12.2 Å². The van der Waals surface area contributed by atoms with E-state index in [0.717, 1.165) is 32.1 Å². The van der Waals surface area contributed by atoms with E-state index in [1.54, 1.807) is 6.08 Å². The van der Waals surface area contributed by atoms with Crippen LogP contribution in [0.4, 0.5) is 0 Å². The Labute approximate surface area is 306 Å². The van der Waals surface area contributed by atoms with Crippen molar-refractivity contribution in [1.82, 2.24) is 5.32 Å². The van der Waals surface area contributed by atoms with Crippen LogP contribution in [0.5, 0.6) is 0 Å². The molecule has 0 saturated heterocycles. The second-order valence-electron chi connectivity index (χ2n) is 15.3. The molecule has 5 heteroatoms. The molecule has 292 valence electrons. The SMILES string of the molecule is CCCCCCCCCCCCCCCCC/C=C/C(O)C(CO)NC(=O)C(O)CCCCCCCCCCCCCCCCCCCC. The predicted octanol–water partition coefficient (Wildman–Crippen LogP) is 12.4. The summed E-state index contributed by atoms with van der Waals surface area (Å²) in [5.41, 5.74) is 0. The third-order valence-corrected chi connectivity index (χ3v) is 10.4. The molecule has 0 spiro atoms. The van der Waals surface area contributed by atoms with E-state index in [1.165, 1.54) is 186 Å². The average Bonchev–Trinajstić information content (AvgIpc) is 3.11. The summed E-state index contributed by atoms with van der Waals surface area (Å²) >= 11 is 0. The third-order valence-electron chi connectivity index (χ3n) is 10.4. The van der Waals surface area contributed by atoms with E-state index < -0.39 is 24.2 Å². The van der Waals surface area contributed by atoms with Crippen molar-refractivity contribution >= 4 is 5.91 Å². The van der Waals surface area contributed by atoms with Gasteiger partial charge in [-0.2, -0.15) is 0 Å². The first-order valence-electron chi connectivity index (χ1n) is 22.0. The van der Waals surface area contributed by atoms with Gasteiger partial charge >= 0.3 is 0 Å². The lowest BCUT2D eigenvalue weighted by Gasteiger charge is -2.21. The Morgan fingerprint density at radius 3 is 1.12 bits per heavy atom. The molecule has 0 aromatic rings. The summed E-state index contributed by atoms with van der Waals surface area (Å²) in [6, 6.07) is -0.792. The number of aliphatic hydroxyl groups is 3. The maximum atomic E-state index is 12.5. The zero-order valence-electron chi connectivity index (χ0n) is 33.1. The highest BCUT2D eigenvalue weighted by Gasteiger charge is 2.22. The van der Waals surface area contributed by atoms with Gasteiger partial charge in [-0.15, -0.1) is 0 Å². The quantitative estimate of drug-likeness (QED) is 0.0380. The number of aliphatic hydroxyl groups excluding tert-OH is 3. The van der Waals surface area contributed by atoms with Crippen molar-refractivity contribution in [3.63, 3.8) is 0 Å². The highest BCUT2D eigenvalue weighted by atomic mass is 16.3. The van der Waals surface area contributed by atoms with Gasteiger partial charge < -0.3 is 20.6 Å². The van der Waals surface area contributed by atoms with Gasteiger partial charge in [-0.25, -0.2) is 0 Å². The molecule has 0 aliphatic heterocycles. The fourth-order valence-corrected chi connectivity index (χ4v) is 6.89. The molecule has 0 radical (unpaired) electrons. The van der Waals surface area contributed by atoms with Gasteiger partial charge in [0, 0.05) is 0 Å². The normalized spacial score (nSPS) is 13.7. The fraction of sp³-hybridized carbons (Fsp3) is 0.932. The molecule has 0 heterocycles. The lowest BCUT2D eigenvalue weighted by atomic mass is 10.0. The van der Waals surface area contributed by atoms with Crippen LogP contribution in [0.25, 0.3) is 0 Å². The zero-order valence-corrected chi connectivity index (χ0v) is 33.1. The minimum absolute atomic E-state index is 0.359. The Hall–Kier alpha value is -0.910. The highest BCUT2D eigenvalue weighted by molar-refractivity contribution is 5.80. The summed E-state index contributed by atoms with van der Waals surface area (Å²) in [5, 5.41) is 33.1. The molecular formula is C44H87NO4. The molecule has 0 bridgehead atoms. The number of hydrogen-bond donors (Lipinski definition) is 4. The molecule has 5 nitrogen and oxygen atoms in total. The summed E-state index contributed by atoms with van der Waals surface area (Å²) in [4.78, 5) is 12.5. The molecule has 49 heavy (non-hydrogen) atoms. The molecule has 4 N–H and O–H groups in total. The number of nitrogens with one attached hydrogen (secondary N) is 1. The molecule has 0 saturated carbocycles. The van der Waals surface area contributed by atoms with Gasteiger partial charge in [0.05, 0.1) is 18.8 Å². The van der Waals surface area contributed by atoms with E-state index in [2.05, 4.69) is 19.2 Å². The van der Waals surface area contributed by atoms with Crippen LogP contribution in [-0.4, -0.2) is 46.1 Å². The first kappa shape index (κ1) is 48.1. The monoisotopic (exact) mass is 694 g/mol. The number of carbonyl (C=O) groups is 1. The van der Waals surface area contributed by atoms with Crippen molar-refractivity contribution in [3.05, 3.63) is 12.2 Å². The van der Waals surface area contributed by atoms with E-state index in [9.17, 15) is 20.1 Å². The maximum absolute atomic E-state index is 12.5. The van der Waals surface area contributed by atoms with Gasteiger partial charge in [0.15, 0.2) is 0 Å². The first-order chi connectivity index (χ1) is 24.1. The lowest BCUT2D eigenvalue weighted by Crippen LogP contribution is -2.48. The highest BCUT2D eigenvalue weighted by Crippen LogP contribution is 2.16. The predicted molar refractivity (Wildman–Crippen MR) is 213 cm³/mol. The Morgan fingerprint density at radius 2 is 0.796 bits per heavy atom. The van der Waals surface area contributed by atoms with Crippen molar-refractivity contribution in [2.75, 3.05) is 6.61 Å². The molecule has 0 fully saturated rings. The van der Waals surface area contributed by atoms with Crippen LogP contribution in [-0.2, 0) is 4.79 Å². The number of amides is 1. The largest absolute Gasteiger partial charge is 0.394 e. The Kier molecular flexibility index (Phi) is 39.1. The van der Waals surface area contributed by atoms with Crippen molar-refractivity contribution in [1.29, 1.82) is 0 Å². The fourth-order valence-electron chi connectivity index (χ4n) is 6.89. The summed E-state index contributed by atoms with van der Waals surface area (Å²) < 4.78 is 0. The third kappa shape index (κ3) is 35.3. The average molecular weight is 694 g/mol. The molecule has 1 amide bonds. The maximum Gasteiger partial charge on any atom is 0.249 e.